The smallest absolute Gasteiger partial charge is 0.232 e. The van der Waals surface area contributed by atoms with Crippen molar-refractivity contribution in [3.05, 3.63) is 0 Å². The Morgan fingerprint density at radius 2 is 2.31 bits per heavy atom. The molecule has 4 nitrogen and oxygen atoms in total. The number of ether oxygens (including phenoxy) is 2. The number of hydrogen-bond acceptors (Lipinski definition) is 4. The van der Waals surface area contributed by atoms with Gasteiger partial charge in [0.05, 0.1) is 25.6 Å². The lowest BCUT2D eigenvalue weighted by Gasteiger charge is -2.15. The Balaban J connectivity index is 2.18. The maximum Gasteiger partial charge on any atom is 0.232 e. The summed E-state index contributed by atoms with van der Waals surface area (Å²) >= 11 is 0. The van der Waals surface area contributed by atoms with Gasteiger partial charge in [-0.05, 0) is 12.3 Å². The summed E-state index contributed by atoms with van der Waals surface area (Å²) in [6.45, 7) is 4.61. The highest BCUT2D eigenvalue weighted by molar-refractivity contribution is 8.13. The fourth-order valence-electron chi connectivity index (χ4n) is 1.68. The van der Waals surface area contributed by atoms with Crippen LogP contribution < -0.4 is 0 Å². The SMILES string of the molecule is CCC(COCC1CCOC1)CS(=O)(=O)Cl. The van der Waals surface area contributed by atoms with Crippen molar-refractivity contribution in [3.8, 4) is 0 Å². The van der Waals surface area contributed by atoms with Crippen molar-refractivity contribution >= 4 is 19.7 Å². The predicted molar refractivity (Wildman–Crippen MR) is 63.2 cm³/mol. The lowest BCUT2D eigenvalue weighted by atomic mass is 10.1. The molecule has 1 fully saturated rings. The molecule has 6 heteroatoms. The van der Waals surface area contributed by atoms with Crippen LogP contribution in [0, 0.1) is 11.8 Å². The summed E-state index contributed by atoms with van der Waals surface area (Å²) in [7, 11) is 1.79. The molecular formula is C10H19ClO4S. The van der Waals surface area contributed by atoms with Crippen LogP contribution in [0.25, 0.3) is 0 Å². The highest BCUT2D eigenvalue weighted by Gasteiger charge is 2.18. The second-order valence-electron chi connectivity index (χ2n) is 4.25. The lowest BCUT2D eigenvalue weighted by molar-refractivity contribution is 0.0692. The monoisotopic (exact) mass is 270 g/mol. The zero-order chi connectivity index (χ0) is 12.0. The van der Waals surface area contributed by atoms with Crippen LogP contribution in [-0.2, 0) is 18.5 Å². The van der Waals surface area contributed by atoms with Gasteiger partial charge in [-0.1, -0.05) is 13.3 Å². The van der Waals surface area contributed by atoms with Gasteiger partial charge in [-0.25, -0.2) is 8.42 Å². The van der Waals surface area contributed by atoms with E-state index in [2.05, 4.69) is 0 Å². The van der Waals surface area contributed by atoms with Gasteiger partial charge >= 0.3 is 0 Å². The van der Waals surface area contributed by atoms with Crippen molar-refractivity contribution in [2.24, 2.45) is 11.8 Å². The van der Waals surface area contributed by atoms with Gasteiger partial charge in [0.25, 0.3) is 0 Å². The van der Waals surface area contributed by atoms with E-state index in [9.17, 15) is 8.42 Å². The van der Waals surface area contributed by atoms with Crippen molar-refractivity contribution in [1.82, 2.24) is 0 Å². The number of hydrogen-bond donors (Lipinski definition) is 0. The average molecular weight is 271 g/mol. The molecule has 0 amide bonds. The van der Waals surface area contributed by atoms with Crippen LogP contribution >= 0.6 is 10.7 Å². The first-order chi connectivity index (χ1) is 7.51. The first-order valence-corrected chi connectivity index (χ1v) is 8.07. The third kappa shape index (κ3) is 6.03. The quantitative estimate of drug-likeness (QED) is 0.660. The molecule has 0 saturated carbocycles. The van der Waals surface area contributed by atoms with Crippen LogP contribution in [0.5, 0.6) is 0 Å². The molecule has 1 heterocycles. The predicted octanol–water partition coefficient (Wildman–Crippen LogP) is 1.63. The van der Waals surface area contributed by atoms with Gasteiger partial charge in [-0.2, -0.15) is 0 Å². The molecule has 0 N–H and O–H groups in total. The standard InChI is InChI=1S/C10H19ClO4S/c1-2-9(8-16(11,12)13)5-15-7-10-3-4-14-6-10/h9-10H,2-8H2,1H3. The third-order valence-electron chi connectivity index (χ3n) is 2.74. The van der Waals surface area contributed by atoms with Gasteiger partial charge in [-0.3, -0.25) is 0 Å². The molecule has 2 atom stereocenters. The van der Waals surface area contributed by atoms with Crippen LogP contribution in [0.2, 0.25) is 0 Å². The molecular weight excluding hydrogens is 252 g/mol. The van der Waals surface area contributed by atoms with Gasteiger partial charge in [0.15, 0.2) is 0 Å². The van der Waals surface area contributed by atoms with Crippen molar-refractivity contribution in [3.63, 3.8) is 0 Å². The average Bonchev–Trinajstić information content (AvgIpc) is 2.67. The van der Waals surface area contributed by atoms with Gasteiger partial charge in [-0.15, -0.1) is 0 Å². The molecule has 0 aromatic carbocycles. The molecule has 0 aliphatic carbocycles. The first kappa shape index (κ1) is 14.2. The summed E-state index contributed by atoms with van der Waals surface area (Å²) in [5, 5.41) is 0. The highest BCUT2D eigenvalue weighted by atomic mass is 35.7. The molecule has 0 aromatic heterocycles. The van der Waals surface area contributed by atoms with E-state index in [4.69, 9.17) is 20.2 Å². The normalized spacial score (nSPS) is 23.5. The van der Waals surface area contributed by atoms with Gasteiger partial charge in [0.1, 0.15) is 0 Å². The third-order valence-corrected chi connectivity index (χ3v) is 3.99. The van der Waals surface area contributed by atoms with Crippen LogP contribution in [0.3, 0.4) is 0 Å². The second-order valence-corrected chi connectivity index (χ2v) is 7.07. The van der Waals surface area contributed by atoms with Gasteiger partial charge < -0.3 is 9.47 Å². The summed E-state index contributed by atoms with van der Waals surface area (Å²) in [6, 6.07) is 0. The molecule has 0 radical (unpaired) electrons. The molecule has 16 heavy (non-hydrogen) atoms. The molecule has 0 aromatic rings. The molecule has 1 saturated heterocycles. The van der Waals surface area contributed by atoms with Crippen molar-refractivity contribution in [2.75, 3.05) is 32.2 Å². The molecule has 1 aliphatic rings. The Bertz CT molecular complexity index is 285. The van der Waals surface area contributed by atoms with Gasteiger partial charge in [0, 0.05) is 23.2 Å². The number of halogens is 1. The minimum atomic E-state index is -3.42. The largest absolute Gasteiger partial charge is 0.381 e. The van der Waals surface area contributed by atoms with Gasteiger partial charge in [0.2, 0.25) is 9.05 Å². The Morgan fingerprint density at radius 1 is 1.56 bits per heavy atom. The minimum Gasteiger partial charge on any atom is -0.381 e. The van der Waals surface area contributed by atoms with E-state index in [1.165, 1.54) is 0 Å². The highest BCUT2D eigenvalue weighted by Crippen LogP contribution is 2.15. The van der Waals surface area contributed by atoms with Crippen LogP contribution in [-0.4, -0.2) is 40.6 Å². The summed E-state index contributed by atoms with van der Waals surface area (Å²) < 4.78 is 32.6. The minimum absolute atomic E-state index is 0.00772. The first-order valence-electron chi connectivity index (χ1n) is 5.59. The Labute approximate surface area is 102 Å². The zero-order valence-electron chi connectivity index (χ0n) is 9.52. The summed E-state index contributed by atoms with van der Waals surface area (Å²) in [5.41, 5.74) is 0. The fourth-order valence-corrected chi connectivity index (χ4v) is 3.11. The van der Waals surface area contributed by atoms with E-state index >= 15 is 0 Å². The molecule has 2 unspecified atom stereocenters. The molecule has 0 bridgehead atoms. The summed E-state index contributed by atoms with van der Waals surface area (Å²) in [6.07, 6.45) is 1.79. The number of rotatable bonds is 7. The van der Waals surface area contributed by atoms with Crippen LogP contribution in [0.4, 0.5) is 0 Å². The van der Waals surface area contributed by atoms with Crippen LogP contribution in [0.15, 0.2) is 0 Å². The molecule has 1 rings (SSSR count). The van der Waals surface area contributed by atoms with Crippen molar-refractivity contribution in [1.29, 1.82) is 0 Å². The van der Waals surface area contributed by atoms with E-state index in [-0.39, 0.29) is 11.7 Å². The second kappa shape index (κ2) is 6.79. The van der Waals surface area contributed by atoms with E-state index in [0.29, 0.717) is 19.1 Å². The topological polar surface area (TPSA) is 52.6 Å². The maximum atomic E-state index is 10.9. The zero-order valence-corrected chi connectivity index (χ0v) is 11.1. The van der Waals surface area contributed by atoms with Crippen molar-refractivity contribution < 1.29 is 17.9 Å². The summed E-state index contributed by atoms with van der Waals surface area (Å²) in [5.74, 6) is 0.446. The Kier molecular flexibility index (Phi) is 6.03. The van der Waals surface area contributed by atoms with Crippen molar-refractivity contribution in [2.45, 2.75) is 19.8 Å². The molecule has 1 aliphatic heterocycles. The molecule has 96 valence electrons. The van der Waals surface area contributed by atoms with E-state index in [0.717, 1.165) is 26.1 Å². The summed E-state index contributed by atoms with van der Waals surface area (Å²) in [4.78, 5) is 0. The molecule has 0 spiro atoms. The Hall–Kier alpha value is 0.160. The van der Waals surface area contributed by atoms with E-state index in [1.807, 2.05) is 6.92 Å². The fraction of sp³-hybridized carbons (Fsp3) is 1.00. The van der Waals surface area contributed by atoms with E-state index < -0.39 is 9.05 Å². The lowest BCUT2D eigenvalue weighted by Crippen LogP contribution is -2.20. The van der Waals surface area contributed by atoms with Crippen LogP contribution in [0.1, 0.15) is 19.8 Å². The van der Waals surface area contributed by atoms with E-state index in [1.54, 1.807) is 0 Å². The maximum absolute atomic E-state index is 10.9. The Morgan fingerprint density at radius 3 is 2.81 bits per heavy atom.